The van der Waals surface area contributed by atoms with Crippen molar-refractivity contribution in [2.75, 3.05) is 5.32 Å². The van der Waals surface area contributed by atoms with E-state index in [9.17, 15) is 19.7 Å². The van der Waals surface area contributed by atoms with Gasteiger partial charge < -0.3 is 5.32 Å². The Kier molecular flexibility index (Phi) is 3.40. The minimum Gasteiger partial charge on any atom is -0.373 e. The van der Waals surface area contributed by atoms with E-state index in [0.717, 1.165) is 12.8 Å². The quantitative estimate of drug-likeness (QED) is 0.508. The zero-order chi connectivity index (χ0) is 15.1. The third-order valence-corrected chi connectivity index (χ3v) is 4.25. The summed E-state index contributed by atoms with van der Waals surface area (Å²) in [5, 5.41) is 13.8. The Morgan fingerprint density at radius 2 is 2.05 bits per heavy atom. The van der Waals surface area contributed by atoms with E-state index in [-0.39, 0.29) is 30.0 Å². The summed E-state index contributed by atoms with van der Waals surface area (Å²) in [6, 6.07) is 3.94. The fourth-order valence-corrected chi connectivity index (χ4v) is 2.82. The van der Waals surface area contributed by atoms with Gasteiger partial charge in [-0.3, -0.25) is 24.6 Å². The molecule has 1 aliphatic heterocycles. The second-order valence-corrected chi connectivity index (χ2v) is 6.01. The Bertz CT molecular complexity index is 644. The molecule has 0 bridgehead atoms. The number of nitrogens with zero attached hydrogens (tertiary/aromatic N) is 2. The van der Waals surface area contributed by atoms with Crippen molar-refractivity contribution in [2.45, 2.75) is 31.3 Å². The lowest BCUT2D eigenvalue weighted by Crippen LogP contribution is -2.36. The standard InChI is InChI=1S/C13H12BrN3O4/c14-9-4-1-7(5-11(9)17(20)21)15-10-6-12(18)16(13(10)19)8-2-3-8/h1,4-5,8,10,15H,2-3,6H2. The van der Waals surface area contributed by atoms with Gasteiger partial charge in [-0.15, -0.1) is 0 Å². The van der Waals surface area contributed by atoms with Crippen molar-refractivity contribution in [3.8, 4) is 0 Å². The van der Waals surface area contributed by atoms with Crippen molar-refractivity contribution in [1.29, 1.82) is 0 Å². The third-order valence-electron chi connectivity index (χ3n) is 3.58. The molecular weight excluding hydrogens is 342 g/mol. The molecule has 2 fully saturated rings. The van der Waals surface area contributed by atoms with E-state index in [1.807, 2.05) is 0 Å². The number of halogens is 1. The molecule has 1 aliphatic carbocycles. The number of rotatable bonds is 4. The summed E-state index contributed by atoms with van der Waals surface area (Å²) in [5.74, 6) is -0.417. The summed E-state index contributed by atoms with van der Waals surface area (Å²) in [5.41, 5.74) is 0.365. The summed E-state index contributed by atoms with van der Waals surface area (Å²) in [4.78, 5) is 35.7. The Morgan fingerprint density at radius 1 is 1.33 bits per heavy atom. The van der Waals surface area contributed by atoms with Crippen molar-refractivity contribution < 1.29 is 14.5 Å². The predicted octanol–water partition coefficient (Wildman–Crippen LogP) is 2.06. The van der Waals surface area contributed by atoms with Crippen molar-refractivity contribution in [2.24, 2.45) is 0 Å². The number of imide groups is 1. The van der Waals surface area contributed by atoms with Gasteiger partial charge in [0.2, 0.25) is 5.91 Å². The van der Waals surface area contributed by atoms with E-state index in [1.165, 1.54) is 11.0 Å². The molecule has 2 amide bonds. The van der Waals surface area contributed by atoms with E-state index >= 15 is 0 Å². The molecule has 1 saturated heterocycles. The van der Waals surface area contributed by atoms with Crippen LogP contribution in [0.15, 0.2) is 22.7 Å². The summed E-state index contributed by atoms with van der Waals surface area (Å²) in [6.07, 6.45) is 1.83. The average Bonchev–Trinajstić information content (AvgIpc) is 3.20. The van der Waals surface area contributed by atoms with Crippen molar-refractivity contribution in [3.63, 3.8) is 0 Å². The van der Waals surface area contributed by atoms with Crippen LogP contribution in [0.4, 0.5) is 11.4 Å². The van der Waals surface area contributed by atoms with Gasteiger partial charge in [0.05, 0.1) is 15.8 Å². The lowest BCUT2D eigenvalue weighted by atomic mass is 10.2. The predicted molar refractivity (Wildman–Crippen MR) is 77.7 cm³/mol. The summed E-state index contributed by atoms with van der Waals surface area (Å²) in [7, 11) is 0. The molecule has 8 heteroatoms. The Hall–Kier alpha value is -1.96. The van der Waals surface area contributed by atoms with Crippen LogP contribution in [-0.2, 0) is 9.59 Å². The van der Waals surface area contributed by atoms with Crippen LogP contribution in [0.1, 0.15) is 19.3 Å². The molecule has 1 aromatic rings. The van der Waals surface area contributed by atoms with Gasteiger partial charge in [-0.2, -0.15) is 0 Å². The number of nitro groups is 1. The van der Waals surface area contributed by atoms with Crippen molar-refractivity contribution in [3.05, 3.63) is 32.8 Å². The minimum atomic E-state index is -0.640. The molecule has 2 aliphatic rings. The number of likely N-dealkylation sites (tertiary alicyclic amines) is 1. The van der Waals surface area contributed by atoms with Crippen LogP contribution >= 0.6 is 15.9 Å². The molecule has 7 nitrogen and oxygen atoms in total. The molecule has 110 valence electrons. The van der Waals surface area contributed by atoms with Crippen LogP contribution in [0.2, 0.25) is 0 Å². The van der Waals surface area contributed by atoms with Gasteiger partial charge in [0.1, 0.15) is 6.04 Å². The third kappa shape index (κ3) is 2.63. The first-order chi connectivity index (χ1) is 9.97. The Morgan fingerprint density at radius 3 is 2.67 bits per heavy atom. The number of carbonyl (C=O) groups excluding carboxylic acids is 2. The van der Waals surface area contributed by atoms with Crippen LogP contribution in [0.25, 0.3) is 0 Å². The normalized spacial score (nSPS) is 21.8. The number of amides is 2. The number of hydrogen-bond acceptors (Lipinski definition) is 5. The molecule has 0 aromatic heterocycles. The minimum absolute atomic E-state index is 0.0519. The molecule has 1 unspecified atom stereocenters. The summed E-state index contributed by atoms with van der Waals surface area (Å²) >= 11 is 3.10. The molecule has 1 heterocycles. The number of carbonyl (C=O) groups is 2. The maximum Gasteiger partial charge on any atom is 0.285 e. The lowest BCUT2D eigenvalue weighted by Gasteiger charge is -2.15. The first-order valence-corrected chi connectivity index (χ1v) is 7.33. The van der Waals surface area contributed by atoms with Gasteiger partial charge in [-0.05, 0) is 40.9 Å². The fourth-order valence-electron chi connectivity index (χ4n) is 2.42. The maximum atomic E-state index is 12.2. The molecule has 1 N–H and O–H groups in total. The number of benzene rings is 1. The van der Waals surface area contributed by atoms with Crippen LogP contribution < -0.4 is 5.32 Å². The molecule has 1 atom stereocenters. The van der Waals surface area contributed by atoms with E-state index < -0.39 is 11.0 Å². The van der Waals surface area contributed by atoms with E-state index in [2.05, 4.69) is 21.2 Å². The van der Waals surface area contributed by atoms with Crippen molar-refractivity contribution >= 4 is 39.1 Å². The fraction of sp³-hybridized carbons (Fsp3) is 0.385. The highest BCUT2D eigenvalue weighted by molar-refractivity contribution is 9.10. The number of nitrogens with one attached hydrogen (secondary N) is 1. The van der Waals surface area contributed by atoms with Gasteiger partial charge in [0.25, 0.3) is 11.6 Å². The van der Waals surface area contributed by atoms with E-state index in [1.54, 1.807) is 12.1 Å². The summed E-state index contributed by atoms with van der Waals surface area (Å²) in [6.45, 7) is 0. The highest BCUT2D eigenvalue weighted by Crippen LogP contribution is 2.33. The molecule has 21 heavy (non-hydrogen) atoms. The SMILES string of the molecule is O=C1CC(Nc2ccc(Br)c([N+](=O)[O-])c2)C(=O)N1C1CC1. The topological polar surface area (TPSA) is 92.5 Å². The van der Waals surface area contributed by atoms with Gasteiger partial charge in [-0.1, -0.05) is 0 Å². The first kappa shape index (κ1) is 14.0. The average molecular weight is 354 g/mol. The van der Waals surface area contributed by atoms with Crippen LogP contribution in [0, 0.1) is 10.1 Å². The van der Waals surface area contributed by atoms with Gasteiger partial charge in [-0.25, -0.2) is 0 Å². The van der Waals surface area contributed by atoms with Gasteiger partial charge in [0, 0.05) is 17.8 Å². The molecule has 1 aromatic carbocycles. The van der Waals surface area contributed by atoms with Crippen LogP contribution in [-0.4, -0.2) is 33.7 Å². The lowest BCUT2D eigenvalue weighted by molar-refractivity contribution is -0.385. The van der Waals surface area contributed by atoms with Crippen molar-refractivity contribution in [1.82, 2.24) is 4.90 Å². The number of hydrogen-bond donors (Lipinski definition) is 1. The maximum absolute atomic E-state index is 12.2. The smallest absolute Gasteiger partial charge is 0.285 e. The molecular formula is C13H12BrN3O4. The Balaban J connectivity index is 1.78. The summed E-state index contributed by atoms with van der Waals surface area (Å²) < 4.78 is 0.367. The second kappa shape index (κ2) is 5.10. The molecule has 0 radical (unpaired) electrons. The highest BCUT2D eigenvalue weighted by atomic mass is 79.9. The molecule has 1 saturated carbocycles. The van der Waals surface area contributed by atoms with Gasteiger partial charge in [0.15, 0.2) is 0 Å². The Labute approximate surface area is 128 Å². The number of nitro benzene ring substituents is 1. The second-order valence-electron chi connectivity index (χ2n) is 5.16. The van der Waals surface area contributed by atoms with E-state index in [4.69, 9.17) is 0 Å². The monoisotopic (exact) mass is 353 g/mol. The zero-order valence-corrected chi connectivity index (χ0v) is 12.5. The van der Waals surface area contributed by atoms with Gasteiger partial charge >= 0.3 is 0 Å². The largest absolute Gasteiger partial charge is 0.373 e. The highest BCUT2D eigenvalue weighted by Gasteiger charge is 2.46. The first-order valence-electron chi connectivity index (χ1n) is 6.54. The van der Waals surface area contributed by atoms with Crippen LogP contribution in [0.5, 0.6) is 0 Å². The number of anilines is 1. The van der Waals surface area contributed by atoms with Crippen LogP contribution in [0.3, 0.4) is 0 Å². The van der Waals surface area contributed by atoms with E-state index in [0.29, 0.717) is 10.2 Å². The molecule has 3 rings (SSSR count). The molecule has 0 spiro atoms. The zero-order valence-electron chi connectivity index (χ0n) is 10.9.